The molecule has 0 fully saturated rings. The van der Waals surface area contributed by atoms with Gasteiger partial charge in [-0.3, -0.25) is 4.90 Å². The summed E-state index contributed by atoms with van der Waals surface area (Å²) in [5.74, 6) is 0. The minimum Gasteiger partial charge on any atom is -0.443 e. The van der Waals surface area contributed by atoms with Crippen molar-refractivity contribution in [1.82, 2.24) is 10.2 Å². The molecule has 0 N–H and O–H groups in total. The first kappa shape index (κ1) is 19.5. The Morgan fingerprint density at radius 2 is 2.11 bits per heavy atom. The summed E-state index contributed by atoms with van der Waals surface area (Å²) in [6.45, 7) is 14.1. The van der Waals surface area contributed by atoms with Crippen LogP contribution in [0.1, 0.15) is 43.0 Å². The van der Waals surface area contributed by atoms with E-state index in [0.717, 1.165) is 31.1 Å². The van der Waals surface area contributed by atoms with Crippen LogP contribution in [0.3, 0.4) is 0 Å². The van der Waals surface area contributed by atoms with Gasteiger partial charge in [-0.1, -0.05) is 12.6 Å². The van der Waals surface area contributed by atoms with Gasteiger partial charge in [0.1, 0.15) is 11.1 Å². The van der Waals surface area contributed by atoms with Gasteiger partial charge in [0, 0.05) is 9.75 Å². The molecular formula is C20H23N3O2S2. The van der Waals surface area contributed by atoms with Gasteiger partial charge in [0.15, 0.2) is 0 Å². The lowest BCUT2D eigenvalue weighted by molar-refractivity contribution is 0.0578. The first-order valence-electron chi connectivity index (χ1n) is 8.61. The number of anilines is 1. The highest BCUT2D eigenvalue weighted by molar-refractivity contribution is 7.20. The monoisotopic (exact) mass is 401 g/mol. The van der Waals surface area contributed by atoms with Crippen molar-refractivity contribution in [1.29, 1.82) is 0 Å². The van der Waals surface area contributed by atoms with E-state index in [4.69, 9.17) is 4.74 Å². The number of nitrogens with zero attached hydrogens (tertiary/aromatic N) is 3. The van der Waals surface area contributed by atoms with Crippen molar-refractivity contribution >= 4 is 50.2 Å². The first-order valence-corrected chi connectivity index (χ1v) is 10.3. The fourth-order valence-corrected chi connectivity index (χ4v) is 4.60. The fraction of sp³-hybridized carbons (Fsp3) is 0.350. The smallest absolute Gasteiger partial charge is 0.415 e. The SMILES string of the molecule is C=C(C)c1sc2c(N(Cc3cccs3)C(=O)OC(C)(C)C)cnnc2c1C. The zero-order chi connectivity index (χ0) is 19.8. The fourth-order valence-electron chi connectivity index (χ4n) is 2.72. The van der Waals surface area contributed by atoms with Gasteiger partial charge < -0.3 is 4.74 Å². The van der Waals surface area contributed by atoms with Crippen LogP contribution in [0.2, 0.25) is 0 Å². The molecule has 1 amide bonds. The molecule has 3 aromatic rings. The van der Waals surface area contributed by atoms with Crippen molar-refractivity contribution in [3.05, 3.63) is 45.6 Å². The normalized spacial score (nSPS) is 11.6. The summed E-state index contributed by atoms with van der Waals surface area (Å²) in [5, 5.41) is 10.5. The zero-order valence-corrected chi connectivity index (χ0v) is 17.8. The molecule has 27 heavy (non-hydrogen) atoms. The molecule has 3 heterocycles. The van der Waals surface area contributed by atoms with E-state index < -0.39 is 11.7 Å². The van der Waals surface area contributed by atoms with Gasteiger partial charge in [-0.15, -0.1) is 27.8 Å². The van der Waals surface area contributed by atoms with E-state index in [2.05, 4.69) is 16.8 Å². The van der Waals surface area contributed by atoms with E-state index in [-0.39, 0.29) is 0 Å². The van der Waals surface area contributed by atoms with Crippen LogP contribution in [0.15, 0.2) is 30.3 Å². The van der Waals surface area contributed by atoms with Gasteiger partial charge >= 0.3 is 6.09 Å². The molecule has 0 aromatic carbocycles. The Kier molecular flexibility index (Phi) is 5.35. The molecule has 0 bridgehead atoms. The van der Waals surface area contributed by atoms with Crippen LogP contribution in [-0.2, 0) is 11.3 Å². The third-order valence-corrected chi connectivity index (χ3v) is 6.20. The minimum absolute atomic E-state index is 0.395. The van der Waals surface area contributed by atoms with Crippen LogP contribution in [0.5, 0.6) is 0 Å². The van der Waals surface area contributed by atoms with Gasteiger partial charge in [0.2, 0.25) is 0 Å². The number of rotatable bonds is 4. The maximum atomic E-state index is 13.0. The number of ether oxygens (including phenoxy) is 1. The largest absolute Gasteiger partial charge is 0.443 e. The van der Waals surface area contributed by atoms with Crippen LogP contribution in [0.4, 0.5) is 10.5 Å². The minimum atomic E-state index is -0.585. The van der Waals surface area contributed by atoms with Crippen LogP contribution in [0.25, 0.3) is 15.8 Å². The maximum absolute atomic E-state index is 13.0. The van der Waals surface area contributed by atoms with E-state index in [1.54, 1.807) is 33.8 Å². The van der Waals surface area contributed by atoms with Crippen LogP contribution in [0, 0.1) is 6.92 Å². The molecule has 3 aromatic heterocycles. The summed E-state index contributed by atoms with van der Waals surface area (Å²) in [7, 11) is 0. The average molecular weight is 402 g/mol. The Hall–Kier alpha value is -2.25. The number of hydrogen-bond acceptors (Lipinski definition) is 6. The van der Waals surface area contributed by atoms with Gasteiger partial charge in [0.05, 0.1) is 23.1 Å². The summed E-state index contributed by atoms with van der Waals surface area (Å²) < 4.78 is 6.59. The number of fused-ring (bicyclic) bond motifs is 1. The summed E-state index contributed by atoms with van der Waals surface area (Å²) in [5.41, 5.74) is 2.94. The van der Waals surface area contributed by atoms with Crippen molar-refractivity contribution in [3.63, 3.8) is 0 Å². The number of hydrogen-bond donors (Lipinski definition) is 0. The molecule has 0 spiro atoms. The highest BCUT2D eigenvalue weighted by atomic mass is 32.1. The lowest BCUT2D eigenvalue weighted by Gasteiger charge is -2.27. The summed E-state index contributed by atoms with van der Waals surface area (Å²) in [4.78, 5) is 16.8. The van der Waals surface area contributed by atoms with Crippen molar-refractivity contribution < 1.29 is 9.53 Å². The second kappa shape index (κ2) is 7.40. The Bertz CT molecular complexity index is 985. The van der Waals surface area contributed by atoms with Gasteiger partial charge in [-0.2, -0.15) is 5.10 Å². The quantitative estimate of drug-likeness (QED) is 0.535. The van der Waals surface area contributed by atoms with Gasteiger partial charge in [0.25, 0.3) is 0 Å². The number of aryl methyl sites for hydroxylation is 1. The number of carbonyl (C=O) groups is 1. The third-order valence-electron chi connectivity index (χ3n) is 3.87. The molecule has 142 valence electrons. The molecule has 3 rings (SSSR count). The topological polar surface area (TPSA) is 55.3 Å². The number of carbonyl (C=O) groups excluding carboxylic acids is 1. The molecule has 0 saturated heterocycles. The van der Waals surface area contributed by atoms with Gasteiger partial charge in [-0.25, -0.2) is 4.79 Å². The molecule has 0 aliphatic carbocycles. The van der Waals surface area contributed by atoms with Crippen molar-refractivity contribution in [2.45, 2.75) is 46.8 Å². The highest BCUT2D eigenvalue weighted by Crippen LogP contribution is 2.39. The highest BCUT2D eigenvalue weighted by Gasteiger charge is 2.27. The van der Waals surface area contributed by atoms with Crippen LogP contribution >= 0.6 is 22.7 Å². The molecule has 5 nitrogen and oxygen atoms in total. The maximum Gasteiger partial charge on any atom is 0.415 e. The first-order chi connectivity index (χ1) is 12.7. The molecule has 7 heteroatoms. The van der Waals surface area contributed by atoms with Crippen molar-refractivity contribution in [2.75, 3.05) is 4.90 Å². The van der Waals surface area contributed by atoms with E-state index in [9.17, 15) is 4.79 Å². The predicted octanol–water partition coefficient (Wildman–Crippen LogP) is 6.04. The molecule has 0 atom stereocenters. The lowest BCUT2D eigenvalue weighted by Crippen LogP contribution is -2.36. The Labute approximate surface area is 167 Å². The van der Waals surface area contributed by atoms with Crippen LogP contribution in [-0.4, -0.2) is 21.9 Å². The van der Waals surface area contributed by atoms with E-state index in [1.807, 2.05) is 52.1 Å². The molecule has 0 unspecified atom stereocenters. The number of thiophene rings is 2. The second-order valence-electron chi connectivity index (χ2n) is 7.39. The van der Waals surface area contributed by atoms with E-state index in [1.165, 1.54) is 0 Å². The summed E-state index contributed by atoms with van der Waals surface area (Å²) >= 11 is 3.19. The Balaban J connectivity index is 2.12. The van der Waals surface area contributed by atoms with E-state index in [0.29, 0.717) is 12.2 Å². The molecule has 0 saturated carbocycles. The number of allylic oxidation sites excluding steroid dienone is 1. The zero-order valence-electron chi connectivity index (χ0n) is 16.2. The Morgan fingerprint density at radius 3 is 2.70 bits per heavy atom. The van der Waals surface area contributed by atoms with Crippen LogP contribution < -0.4 is 4.90 Å². The molecule has 0 aliphatic heterocycles. The van der Waals surface area contributed by atoms with E-state index >= 15 is 0 Å². The number of amides is 1. The second-order valence-corrected chi connectivity index (χ2v) is 9.44. The molecule has 0 aliphatic rings. The molecular weight excluding hydrogens is 378 g/mol. The number of aromatic nitrogens is 2. The summed E-state index contributed by atoms with van der Waals surface area (Å²) in [6, 6.07) is 3.98. The predicted molar refractivity (Wildman–Crippen MR) is 114 cm³/mol. The standard InChI is InChI=1S/C20H23N3O2S2/c1-12(2)17-13(3)16-18(27-17)15(10-21-22-16)23(11-14-8-7-9-26-14)19(24)25-20(4,5)6/h7-10H,1,11H2,2-6H3. The Morgan fingerprint density at radius 1 is 1.37 bits per heavy atom. The van der Waals surface area contributed by atoms with Crippen molar-refractivity contribution in [3.8, 4) is 0 Å². The van der Waals surface area contributed by atoms with Crippen molar-refractivity contribution in [2.24, 2.45) is 0 Å². The summed E-state index contributed by atoms with van der Waals surface area (Å²) in [6.07, 6.45) is 1.24. The molecule has 0 radical (unpaired) electrons. The lowest BCUT2D eigenvalue weighted by atomic mass is 10.1. The third kappa shape index (κ3) is 4.20. The average Bonchev–Trinajstić information content (AvgIpc) is 3.19. The van der Waals surface area contributed by atoms with Gasteiger partial charge in [-0.05, 0) is 57.2 Å².